The number of para-hydroxylation sites is 1. The largest absolute Gasteiger partial charge is 0.461 e. The van der Waals surface area contributed by atoms with Gasteiger partial charge in [-0.25, -0.2) is 0 Å². The number of hydrogen-bond acceptors (Lipinski definition) is 6. The van der Waals surface area contributed by atoms with Gasteiger partial charge in [0.25, 0.3) is 5.91 Å². The second-order valence-corrected chi connectivity index (χ2v) is 12.5. The Morgan fingerprint density at radius 3 is 2.78 bits per heavy atom. The van der Waals surface area contributed by atoms with Crippen LogP contribution in [0.4, 0.5) is 5.69 Å². The predicted octanol–water partition coefficient (Wildman–Crippen LogP) is 3.74. The number of esters is 1. The van der Waals surface area contributed by atoms with Crippen LogP contribution in [0, 0.1) is 18.8 Å². The maximum atomic E-state index is 14.4. The van der Waals surface area contributed by atoms with E-state index in [0.717, 1.165) is 5.56 Å². The Labute approximate surface area is 229 Å². The maximum Gasteiger partial charge on any atom is 0.311 e. The Morgan fingerprint density at radius 1 is 1.39 bits per heavy atom. The molecule has 4 rings (SSSR count). The number of likely N-dealkylation sites (tertiary alicyclic amines) is 1. The van der Waals surface area contributed by atoms with Gasteiger partial charge in [-0.1, -0.05) is 58.4 Å². The molecule has 3 saturated heterocycles. The first-order valence-electron chi connectivity index (χ1n) is 11.9. The van der Waals surface area contributed by atoms with Gasteiger partial charge < -0.3 is 19.6 Å². The predicted molar refractivity (Wildman–Crippen MR) is 146 cm³/mol. The van der Waals surface area contributed by atoms with Gasteiger partial charge in [0.05, 0.1) is 27.3 Å². The molecular formula is C26H30BrClN2O5S. The van der Waals surface area contributed by atoms with Gasteiger partial charge in [-0.3, -0.25) is 14.4 Å². The van der Waals surface area contributed by atoms with Crippen LogP contribution in [0.2, 0.25) is 5.02 Å². The van der Waals surface area contributed by atoms with Crippen molar-refractivity contribution in [1.82, 2.24) is 4.90 Å². The molecule has 0 radical (unpaired) electrons. The maximum absolute atomic E-state index is 14.4. The fraction of sp³-hybridized carbons (Fsp3) is 0.500. The first-order valence-corrected chi connectivity index (χ1v) is 14.1. The van der Waals surface area contributed by atoms with Crippen molar-refractivity contribution < 1.29 is 24.2 Å². The summed E-state index contributed by atoms with van der Waals surface area (Å²) in [6.07, 6.45) is 4.00. The van der Waals surface area contributed by atoms with Crippen molar-refractivity contribution in [2.24, 2.45) is 11.8 Å². The van der Waals surface area contributed by atoms with Gasteiger partial charge in [-0.2, -0.15) is 0 Å². The van der Waals surface area contributed by atoms with Gasteiger partial charge in [-0.15, -0.1) is 18.3 Å². The summed E-state index contributed by atoms with van der Waals surface area (Å²) in [7, 11) is 0. The number of aryl methyl sites for hydroxylation is 1. The highest BCUT2D eigenvalue weighted by atomic mass is 79.9. The number of hydrogen-bond donors (Lipinski definition) is 1. The van der Waals surface area contributed by atoms with Gasteiger partial charge in [0.2, 0.25) is 5.91 Å². The van der Waals surface area contributed by atoms with E-state index in [-0.39, 0.29) is 48.2 Å². The minimum atomic E-state index is -0.829. The number of aliphatic hydroxyl groups excluding tert-OH is 1. The molecule has 0 aliphatic carbocycles. The lowest BCUT2D eigenvalue weighted by Gasteiger charge is -2.38. The molecule has 3 aliphatic rings. The number of carbonyl (C=O) groups excluding carboxylic acids is 3. The molecule has 2 amide bonds. The number of nitrogens with zero attached hydrogens (tertiary/aromatic N) is 2. The van der Waals surface area contributed by atoms with E-state index in [2.05, 4.69) is 29.1 Å². The molecule has 1 N–H and O–H groups in total. The molecule has 1 aromatic rings. The molecule has 6 atom stereocenters. The second-order valence-electron chi connectivity index (χ2n) is 9.33. The second kappa shape index (κ2) is 10.9. The average molecular weight is 598 g/mol. The van der Waals surface area contributed by atoms with Crippen molar-refractivity contribution in [3.8, 4) is 0 Å². The summed E-state index contributed by atoms with van der Waals surface area (Å²) in [6, 6.07) is 4.60. The van der Waals surface area contributed by atoms with Crippen LogP contribution in [0.25, 0.3) is 0 Å². The van der Waals surface area contributed by atoms with E-state index in [4.69, 9.17) is 16.3 Å². The lowest BCUT2D eigenvalue weighted by Crippen LogP contribution is -2.56. The number of alkyl halides is 1. The van der Waals surface area contributed by atoms with E-state index in [9.17, 15) is 19.5 Å². The van der Waals surface area contributed by atoms with Crippen LogP contribution in [-0.4, -0.2) is 75.0 Å². The quantitative estimate of drug-likeness (QED) is 0.251. The molecule has 10 heteroatoms. The lowest BCUT2D eigenvalue weighted by molar-refractivity contribution is -0.153. The van der Waals surface area contributed by atoms with E-state index in [0.29, 0.717) is 23.6 Å². The SMILES string of the molecule is C=CCOC(=O)[C@H]1[C@@H]2SC3(CC2Br)C(C(=O)N(CC=C)c2c(C)cccc2Cl)N(CCCO)C(=O)[C@H]13. The zero-order valence-corrected chi connectivity index (χ0v) is 23.2. The third kappa shape index (κ3) is 4.31. The number of benzene rings is 1. The zero-order valence-electron chi connectivity index (χ0n) is 20.1. The van der Waals surface area contributed by atoms with Crippen LogP contribution in [0.5, 0.6) is 0 Å². The first kappa shape index (κ1) is 27.2. The summed E-state index contributed by atoms with van der Waals surface area (Å²) in [4.78, 5) is 44.6. The summed E-state index contributed by atoms with van der Waals surface area (Å²) in [5.41, 5.74) is 1.40. The van der Waals surface area contributed by atoms with E-state index in [1.165, 1.54) is 17.8 Å². The van der Waals surface area contributed by atoms with E-state index >= 15 is 0 Å². The summed E-state index contributed by atoms with van der Waals surface area (Å²) >= 11 is 11.8. The van der Waals surface area contributed by atoms with Gasteiger partial charge in [0, 0.05) is 29.8 Å². The van der Waals surface area contributed by atoms with Crippen LogP contribution >= 0.6 is 39.3 Å². The first-order chi connectivity index (χ1) is 17.2. The van der Waals surface area contributed by atoms with E-state index in [1.807, 2.05) is 19.1 Å². The Kier molecular flexibility index (Phi) is 8.24. The van der Waals surface area contributed by atoms with Crippen molar-refractivity contribution in [3.63, 3.8) is 0 Å². The Hall–Kier alpha value is -1.81. The number of anilines is 1. The van der Waals surface area contributed by atoms with Gasteiger partial charge in [0.15, 0.2) is 0 Å². The summed E-state index contributed by atoms with van der Waals surface area (Å²) in [5, 5.41) is 9.77. The minimum absolute atomic E-state index is 0.0586. The van der Waals surface area contributed by atoms with Gasteiger partial charge in [0.1, 0.15) is 12.6 Å². The summed E-state index contributed by atoms with van der Waals surface area (Å²) < 4.78 is 4.59. The molecule has 1 spiro atoms. The van der Waals surface area contributed by atoms with Crippen molar-refractivity contribution in [1.29, 1.82) is 0 Å². The molecule has 0 saturated carbocycles. The average Bonchev–Trinajstić information content (AvgIpc) is 3.43. The van der Waals surface area contributed by atoms with Crippen LogP contribution in [0.1, 0.15) is 18.4 Å². The highest BCUT2D eigenvalue weighted by Crippen LogP contribution is 2.68. The van der Waals surface area contributed by atoms with Crippen molar-refractivity contribution in [2.75, 3.05) is 31.2 Å². The molecule has 3 heterocycles. The Morgan fingerprint density at radius 2 is 2.14 bits per heavy atom. The van der Waals surface area contributed by atoms with E-state index < -0.39 is 28.6 Å². The topological polar surface area (TPSA) is 87.2 Å². The van der Waals surface area contributed by atoms with Crippen LogP contribution in [0.3, 0.4) is 0 Å². The van der Waals surface area contributed by atoms with E-state index in [1.54, 1.807) is 21.9 Å². The third-order valence-corrected chi connectivity index (χ3v) is 10.8. The molecule has 2 bridgehead atoms. The number of thioether (sulfide) groups is 1. The normalized spacial score (nSPS) is 30.3. The fourth-order valence-electron chi connectivity index (χ4n) is 5.93. The molecule has 0 aromatic heterocycles. The lowest BCUT2D eigenvalue weighted by atomic mass is 9.71. The zero-order chi connectivity index (χ0) is 26.2. The Bertz CT molecular complexity index is 1070. The standard InChI is InChI=1S/C26H30BrClN2O5S/c1-4-10-29(20-15(3)8-6-9-17(20)28)24(33)22-26-14-16(27)21(36-26)18(25(34)35-13-5-2)19(26)23(32)30(22)11-7-12-31/h4-6,8-9,16,18-19,21-22,31H,1-2,7,10-14H2,3H3/t16?,18-,19+,21-,22?,26?/m1/s1. The summed E-state index contributed by atoms with van der Waals surface area (Å²) in [5.74, 6) is -2.33. The number of fused-ring (bicyclic) bond motifs is 1. The fourth-order valence-corrected chi connectivity index (χ4v) is 9.85. The molecular weight excluding hydrogens is 568 g/mol. The molecule has 3 fully saturated rings. The highest BCUT2D eigenvalue weighted by molar-refractivity contribution is 9.09. The number of halogens is 2. The van der Waals surface area contributed by atoms with Crippen molar-refractivity contribution in [3.05, 3.63) is 54.1 Å². The monoisotopic (exact) mass is 596 g/mol. The molecule has 3 unspecified atom stereocenters. The number of rotatable bonds is 10. The number of aliphatic hydroxyl groups is 1. The molecule has 7 nitrogen and oxygen atoms in total. The number of amides is 2. The number of ether oxygens (including phenoxy) is 1. The molecule has 36 heavy (non-hydrogen) atoms. The van der Waals surface area contributed by atoms with Crippen molar-refractivity contribution in [2.45, 2.75) is 40.6 Å². The van der Waals surface area contributed by atoms with Gasteiger partial charge in [-0.05, 0) is 31.4 Å². The molecule has 1 aromatic carbocycles. The van der Waals surface area contributed by atoms with Crippen molar-refractivity contribution >= 4 is 62.8 Å². The smallest absolute Gasteiger partial charge is 0.311 e. The van der Waals surface area contributed by atoms with Gasteiger partial charge >= 0.3 is 5.97 Å². The highest BCUT2D eigenvalue weighted by Gasteiger charge is 2.76. The van der Waals surface area contributed by atoms with Crippen LogP contribution < -0.4 is 4.90 Å². The third-order valence-electron chi connectivity index (χ3n) is 7.23. The Balaban J connectivity index is 1.81. The number of carbonyl (C=O) groups is 3. The minimum Gasteiger partial charge on any atom is -0.461 e. The molecule has 3 aliphatic heterocycles. The van der Waals surface area contributed by atoms with Crippen LogP contribution in [-0.2, 0) is 19.1 Å². The summed E-state index contributed by atoms with van der Waals surface area (Å²) in [6.45, 7) is 9.67. The molecule has 194 valence electrons. The van der Waals surface area contributed by atoms with Crippen LogP contribution in [0.15, 0.2) is 43.5 Å².